The summed E-state index contributed by atoms with van der Waals surface area (Å²) in [6, 6.07) is 16.8. The van der Waals surface area contributed by atoms with Gasteiger partial charge in [-0.25, -0.2) is 13.9 Å². The number of hydrogen-bond acceptors (Lipinski definition) is 4. The second-order valence-electron chi connectivity index (χ2n) is 6.50. The number of nitrogens with zero attached hydrogens (tertiary/aromatic N) is 2. The number of carbonyl (C=O) groups excluding carboxylic acids is 2. The second kappa shape index (κ2) is 8.71. The molecule has 0 aliphatic heterocycles. The second-order valence-corrected chi connectivity index (χ2v) is 7.31. The Morgan fingerprint density at radius 2 is 1.68 bits per heavy atom. The molecule has 154 valence electrons. The summed E-state index contributed by atoms with van der Waals surface area (Å²) in [4.78, 5) is 25.5. The van der Waals surface area contributed by atoms with Gasteiger partial charge in [0.25, 0.3) is 0 Å². The highest BCUT2D eigenvalue weighted by Gasteiger charge is 2.21. The van der Waals surface area contributed by atoms with Gasteiger partial charge in [-0.2, -0.15) is 5.10 Å². The van der Waals surface area contributed by atoms with Crippen molar-refractivity contribution < 1.29 is 18.7 Å². The topological polar surface area (TPSA) is 61.2 Å². The maximum absolute atomic E-state index is 13.9. The van der Waals surface area contributed by atoms with Crippen molar-refractivity contribution in [1.82, 2.24) is 9.78 Å². The fraction of sp³-hybridized carbons (Fsp3) is 0. The smallest absolute Gasteiger partial charge is 0.343 e. The molecule has 0 aliphatic rings. The lowest BCUT2D eigenvalue weighted by atomic mass is 10.1. The molecule has 0 bridgehead atoms. The summed E-state index contributed by atoms with van der Waals surface area (Å²) in [5.41, 5.74) is 0.989. The lowest BCUT2D eigenvalue weighted by Crippen LogP contribution is -2.12. The molecule has 0 fully saturated rings. The van der Waals surface area contributed by atoms with Crippen LogP contribution in [0.5, 0.6) is 5.75 Å². The Balaban J connectivity index is 1.64. The largest absolute Gasteiger partial charge is 0.422 e. The summed E-state index contributed by atoms with van der Waals surface area (Å²) in [5.74, 6) is -2.04. The number of ketones is 1. The lowest BCUT2D eigenvalue weighted by molar-refractivity contribution is 0.0732. The van der Waals surface area contributed by atoms with Gasteiger partial charge in [-0.1, -0.05) is 41.4 Å². The molecule has 31 heavy (non-hydrogen) atoms. The molecule has 4 aromatic rings. The average Bonchev–Trinajstić information content (AvgIpc) is 3.27. The number of esters is 1. The van der Waals surface area contributed by atoms with Crippen LogP contribution in [0, 0.1) is 5.82 Å². The van der Waals surface area contributed by atoms with E-state index >= 15 is 0 Å². The average molecular weight is 455 g/mol. The van der Waals surface area contributed by atoms with Gasteiger partial charge in [0, 0.05) is 6.20 Å². The molecule has 4 rings (SSSR count). The summed E-state index contributed by atoms with van der Waals surface area (Å²) in [5, 5.41) is 4.64. The van der Waals surface area contributed by atoms with Crippen molar-refractivity contribution in [3.8, 4) is 11.4 Å². The Labute approximate surface area is 186 Å². The van der Waals surface area contributed by atoms with Crippen molar-refractivity contribution in [2.75, 3.05) is 0 Å². The van der Waals surface area contributed by atoms with Crippen LogP contribution in [0.4, 0.5) is 4.39 Å². The molecule has 1 heterocycles. The fourth-order valence-corrected chi connectivity index (χ4v) is 3.17. The molecule has 1 aromatic heterocycles. The summed E-state index contributed by atoms with van der Waals surface area (Å²) >= 11 is 11.8. The van der Waals surface area contributed by atoms with E-state index in [1.54, 1.807) is 0 Å². The quantitative estimate of drug-likeness (QED) is 0.218. The van der Waals surface area contributed by atoms with E-state index < -0.39 is 17.6 Å². The van der Waals surface area contributed by atoms with E-state index in [9.17, 15) is 14.0 Å². The van der Waals surface area contributed by atoms with Crippen LogP contribution in [0.2, 0.25) is 10.0 Å². The minimum Gasteiger partial charge on any atom is -0.422 e. The zero-order valence-corrected chi connectivity index (χ0v) is 17.3. The van der Waals surface area contributed by atoms with Gasteiger partial charge < -0.3 is 4.74 Å². The van der Waals surface area contributed by atoms with Gasteiger partial charge in [0.15, 0.2) is 5.78 Å². The van der Waals surface area contributed by atoms with Gasteiger partial charge in [-0.05, 0) is 48.5 Å². The van der Waals surface area contributed by atoms with Crippen LogP contribution >= 0.6 is 23.2 Å². The molecule has 0 aliphatic carbocycles. The minimum atomic E-state index is -0.765. The Morgan fingerprint density at radius 3 is 2.42 bits per heavy atom. The molecule has 5 nitrogen and oxygen atoms in total. The van der Waals surface area contributed by atoms with E-state index in [-0.39, 0.29) is 32.5 Å². The monoisotopic (exact) mass is 454 g/mol. The fourth-order valence-electron chi connectivity index (χ4n) is 2.87. The predicted octanol–water partition coefficient (Wildman–Crippen LogP) is 5.77. The number of benzene rings is 3. The standard InChI is InChI=1S/C23H13Cl2FN2O3/c24-19-8-6-14(10-20(19)25)23(30)31-21-9-7-16(26)11-18(21)22(29)15-12-27-28(13-15)17-4-2-1-3-5-17/h1-13H. The molecule has 0 spiro atoms. The van der Waals surface area contributed by atoms with Gasteiger partial charge in [-0.15, -0.1) is 0 Å². The van der Waals surface area contributed by atoms with Crippen LogP contribution in [0.3, 0.4) is 0 Å². The number of ether oxygens (including phenoxy) is 1. The highest BCUT2D eigenvalue weighted by molar-refractivity contribution is 6.42. The molecule has 0 N–H and O–H groups in total. The van der Waals surface area contributed by atoms with E-state index in [1.807, 2.05) is 30.3 Å². The number of halogens is 3. The molecular weight excluding hydrogens is 442 g/mol. The maximum atomic E-state index is 13.9. The van der Waals surface area contributed by atoms with Crippen LogP contribution in [0.15, 0.2) is 79.1 Å². The Bertz CT molecular complexity index is 1290. The van der Waals surface area contributed by atoms with E-state index in [1.165, 1.54) is 41.3 Å². The first kappa shape index (κ1) is 20.8. The summed E-state index contributed by atoms with van der Waals surface area (Å²) in [6.07, 6.45) is 2.89. The summed E-state index contributed by atoms with van der Waals surface area (Å²) < 4.78 is 20.8. The number of para-hydroxylation sites is 1. The first-order valence-corrected chi connectivity index (χ1v) is 9.79. The molecule has 0 amide bonds. The third-order valence-electron chi connectivity index (χ3n) is 4.41. The third kappa shape index (κ3) is 4.50. The van der Waals surface area contributed by atoms with Crippen molar-refractivity contribution in [3.05, 3.63) is 112 Å². The van der Waals surface area contributed by atoms with E-state index in [0.717, 1.165) is 17.8 Å². The van der Waals surface area contributed by atoms with Crippen LogP contribution in [0.1, 0.15) is 26.3 Å². The summed E-state index contributed by atoms with van der Waals surface area (Å²) in [6.45, 7) is 0. The van der Waals surface area contributed by atoms with E-state index in [4.69, 9.17) is 27.9 Å². The Morgan fingerprint density at radius 1 is 0.903 bits per heavy atom. The van der Waals surface area contributed by atoms with Gasteiger partial charge >= 0.3 is 5.97 Å². The third-order valence-corrected chi connectivity index (χ3v) is 5.15. The summed E-state index contributed by atoms with van der Waals surface area (Å²) in [7, 11) is 0. The van der Waals surface area contributed by atoms with Crippen molar-refractivity contribution in [2.24, 2.45) is 0 Å². The van der Waals surface area contributed by atoms with Gasteiger partial charge in [-0.3, -0.25) is 4.79 Å². The first-order chi connectivity index (χ1) is 14.9. The molecular formula is C23H13Cl2FN2O3. The van der Waals surface area contributed by atoms with Crippen LogP contribution in [-0.2, 0) is 0 Å². The van der Waals surface area contributed by atoms with Crippen molar-refractivity contribution in [3.63, 3.8) is 0 Å². The molecule has 0 saturated carbocycles. The number of rotatable bonds is 5. The molecule has 0 atom stereocenters. The van der Waals surface area contributed by atoms with Crippen molar-refractivity contribution in [2.45, 2.75) is 0 Å². The Hall–Kier alpha value is -3.48. The normalized spacial score (nSPS) is 10.7. The molecule has 3 aromatic carbocycles. The highest BCUT2D eigenvalue weighted by Crippen LogP contribution is 2.26. The zero-order chi connectivity index (χ0) is 22.0. The van der Waals surface area contributed by atoms with Crippen molar-refractivity contribution >= 4 is 35.0 Å². The van der Waals surface area contributed by atoms with E-state index in [0.29, 0.717) is 0 Å². The van der Waals surface area contributed by atoms with Crippen LogP contribution in [0.25, 0.3) is 5.69 Å². The first-order valence-electron chi connectivity index (χ1n) is 9.04. The molecule has 0 radical (unpaired) electrons. The van der Waals surface area contributed by atoms with Gasteiger partial charge in [0.05, 0.1) is 38.6 Å². The number of aromatic nitrogens is 2. The van der Waals surface area contributed by atoms with Crippen LogP contribution < -0.4 is 4.74 Å². The van der Waals surface area contributed by atoms with Crippen molar-refractivity contribution in [1.29, 1.82) is 0 Å². The van der Waals surface area contributed by atoms with E-state index in [2.05, 4.69) is 5.10 Å². The van der Waals surface area contributed by atoms with Gasteiger partial charge in [0.2, 0.25) is 0 Å². The molecule has 8 heteroatoms. The van der Waals surface area contributed by atoms with Gasteiger partial charge in [0.1, 0.15) is 11.6 Å². The molecule has 0 saturated heterocycles. The maximum Gasteiger partial charge on any atom is 0.343 e. The Kier molecular flexibility index (Phi) is 5.84. The van der Waals surface area contributed by atoms with Crippen LogP contribution in [-0.4, -0.2) is 21.5 Å². The zero-order valence-electron chi connectivity index (χ0n) is 15.8. The predicted molar refractivity (Wildman–Crippen MR) is 115 cm³/mol. The lowest BCUT2D eigenvalue weighted by Gasteiger charge is -2.10. The number of hydrogen-bond donors (Lipinski definition) is 0. The molecule has 0 unspecified atom stereocenters. The SMILES string of the molecule is O=C(Oc1ccc(F)cc1C(=O)c1cnn(-c2ccccc2)c1)c1ccc(Cl)c(Cl)c1. The minimum absolute atomic E-state index is 0.0880. The highest BCUT2D eigenvalue weighted by atomic mass is 35.5. The number of carbonyl (C=O) groups is 2.